The number of fused-ring (bicyclic) bond motifs is 1. The molecule has 5 heteroatoms. The zero-order valence-corrected chi connectivity index (χ0v) is 14.5. The summed E-state index contributed by atoms with van der Waals surface area (Å²) in [6.07, 6.45) is 3.38. The highest BCUT2D eigenvalue weighted by molar-refractivity contribution is 7.99. The van der Waals surface area contributed by atoms with Crippen LogP contribution in [-0.2, 0) is 6.54 Å². The summed E-state index contributed by atoms with van der Waals surface area (Å²) in [5.41, 5.74) is 1.32. The van der Waals surface area contributed by atoms with Gasteiger partial charge in [-0.2, -0.15) is 0 Å². The lowest BCUT2D eigenvalue weighted by molar-refractivity contribution is 0.544. The number of nitrogens with one attached hydrogen (secondary N) is 1. The summed E-state index contributed by atoms with van der Waals surface area (Å²) in [7, 11) is 0. The molecule has 0 unspecified atom stereocenters. The Morgan fingerprint density at radius 1 is 1.30 bits per heavy atom. The van der Waals surface area contributed by atoms with Crippen LogP contribution in [0, 0.1) is 11.8 Å². The van der Waals surface area contributed by atoms with Crippen LogP contribution >= 0.6 is 23.1 Å². The van der Waals surface area contributed by atoms with Crippen LogP contribution in [0.2, 0.25) is 0 Å². The predicted octanol–water partition coefficient (Wildman–Crippen LogP) is 4.28. The van der Waals surface area contributed by atoms with Gasteiger partial charge in [0.2, 0.25) is 0 Å². The van der Waals surface area contributed by atoms with Crippen LogP contribution in [0.3, 0.4) is 0 Å². The van der Waals surface area contributed by atoms with E-state index in [0.717, 1.165) is 29.7 Å². The van der Waals surface area contributed by atoms with E-state index in [-0.39, 0.29) is 0 Å². The molecule has 0 saturated carbocycles. The van der Waals surface area contributed by atoms with Gasteiger partial charge in [-0.1, -0.05) is 27.7 Å². The number of thioether (sulfide) groups is 1. The largest absolute Gasteiger partial charge is 0.311 e. The molecular weight excluding hydrogens is 286 g/mol. The fourth-order valence-corrected chi connectivity index (χ4v) is 4.02. The van der Waals surface area contributed by atoms with Gasteiger partial charge in [0.25, 0.3) is 0 Å². The molecule has 0 bridgehead atoms. The van der Waals surface area contributed by atoms with Crippen molar-refractivity contribution in [3.8, 4) is 0 Å². The lowest BCUT2D eigenvalue weighted by Gasteiger charge is -2.09. The van der Waals surface area contributed by atoms with Crippen LogP contribution in [0.1, 0.15) is 39.8 Å². The molecule has 2 rings (SSSR count). The predicted molar refractivity (Wildman–Crippen MR) is 89.8 cm³/mol. The molecule has 1 N–H and O–H groups in total. The lowest BCUT2D eigenvalue weighted by Crippen LogP contribution is -2.20. The van der Waals surface area contributed by atoms with Gasteiger partial charge in [0.1, 0.15) is 5.03 Å². The third-order valence-electron chi connectivity index (χ3n) is 3.10. The third kappa shape index (κ3) is 4.24. The van der Waals surface area contributed by atoms with Gasteiger partial charge in [-0.3, -0.25) is 4.40 Å². The maximum atomic E-state index is 4.77. The molecule has 2 heterocycles. The number of aromatic nitrogens is 2. The van der Waals surface area contributed by atoms with Crippen LogP contribution < -0.4 is 5.32 Å². The van der Waals surface area contributed by atoms with E-state index in [9.17, 15) is 0 Å². The van der Waals surface area contributed by atoms with E-state index < -0.39 is 0 Å². The van der Waals surface area contributed by atoms with Crippen molar-refractivity contribution in [1.82, 2.24) is 14.7 Å². The Morgan fingerprint density at radius 3 is 2.80 bits per heavy atom. The second kappa shape index (κ2) is 7.48. The fourth-order valence-electron chi connectivity index (χ4n) is 1.96. The van der Waals surface area contributed by atoms with Crippen molar-refractivity contribution in [2.45, 2.75) is 45.7 Å². The minimum absolute atomic E-state index is 0.679. The number of thiazole rings is 1. The number of hydrogen-bond donors (Lipinski definition) is 1. The summed E-state index contributed by atoms with van der Waals surface area (Å²) >= 11 is 3.61. The van der Waals surface area contributed by atoms with Gasteiger partial charge in [0.15, 0.2) is 4.96 Å². The molecule has 112 valence electrons. The summed E-state index contributed by atoms with van der Waals surface area (Å²) in [5.74, 6) is 2.59. The van der Waals surface area contributed by atoms with E-state index in [1.54, 1.807) is 11.3 Å². The lowest BCUT2D eigenvalue weighted by atomic mass is 10.2. The average molecular weight is 312 g/mol. The van der Waals surface area contributed by atoms with Crippen LogP contribution in [0.15, 0.2) is 16.6 Å². The van der Waals surface area contributed by atoms with E-state index in [2.05, 4.69) is 49.0 Å². The molecule has 20 heavy (non-hydrogen) atoms. The monoisotopic (exact) mass is 311 g/mol. The van der Waals surface area contributed by atoms with Gasteiger partial charge in [0.05, 0.1) is 5.69 Å². The van der Waals surface area contributed by atoms with Crippen LogP contribution in [0.4, 0.5) is 0 Å². The van der Waals surface area contributed by atoms with Gasteiger partial charge in [-0.05, 0) is 30.6 Å². The molecular formula is C15H25N3S2. The number of nitrogens with zero attached hydrogens (tertiary/aromatic N) is 2. The molecule has 3 nitrogen and oxygen atoms in total. The first-order valence-electron chi connectivity index (χ1n) is 7.36. The molecule has 0 fully saturated rings. The SMILES string of the molecule is CC(C)CCSc1nc2sccn2c1CNCC(C)C. The Labute approximate surface area is 130 Å². The van der Waals surface area contributed by atoms with Gasteiger partial charge in [-0.25, -0.2) is 4.98 Å². The summed E-state index contributed by atoms with van der Waals surface area (Å²) in [6.45, 7) is 11.0. The highest BCUT2D eigenvalue weighted by Gasteiger charge is 2.13. The second-order valence-electron chi connectivity index (χ2n) is 5.97. The Kier molecular flexibility index (Phi) is 5.93. The summed E-state index contributed by atoms with van der Waals surface area (Å²) in [6, 6.07) is 0. The van der Waals surface area contributed by atoms with E-state index in [0.29, 0.717) is 5.92 Å². The molecule has 2 aromatic rings. The van der Waals surface area contributed by atoms with Crippen LogP contribution in [0.5, 0.6) is 0 Å². The Bertz CT molecular complexity index is 528. The smallest absolute Gasteiger partial charge is 0.194 e. The minimum Gasteiger partial charge on any atom is -0.311 e. The maximum Gasteiger partial charge on any atom is 0.194 e. The molecule has 0 saturated heterocycles. The summed E-state index contributed by atoms with van der Waals surface area (Å²) < 4.78 is 2.23. The molecule has 0 aromatic carbocycles. The molecule has 0 atom stereocenters. The quantitative estimate of drug-likeness (QED) is 0.738. The van der Waals surface area contributed by atoms with Crippen molar-refractivity contribution >= 4 is 28.1 Å². The van der Waals surface area contributed by atoms with E-state index in [1.807, 2.05) is 11.8 Å². The first kappa shape index (κ1) is 15.9. The van der Waals surface area contributed by atoms with Crippen molar-refractivity contribution in [3.05, 3.63) is 17.3 Å². The number of rotatable bonds is 8. The third-order valence-corrected chi connectivity index (χ3v) is 4.90. The van der Waals surface area contributed by atoms with Crippen LogP contribution in [-0.4, -0.2) is 21.7 Å². The molecule has 0 amide bonds. The van der Waals surface area contributed by atoms with Gasteiger partial charge < -0.3 is 5.32 Å². The number of imidazole rings is 1. The molecule has 0 radical (unpaired) electrons. The maximum absolute atomic E-state index is 4.77. The summed E-state index contributed by atoms with van der Waals surface area (Å²) in [5, 5.41) is 6.85. The average Bonchev–Trinajstić information content (AvgIpc) is 2.91. The molecule has 0 aliphatic carbocycles. The minimum atomic E-state index is 0.679. The molecule has 0 spiro atoms. The Morgan fingerprint density at radius 2 is 2.10 bits per heavy atom. The molecule has 0 aliphatic heterocycles. The number of hydrogen-bond acceptors (Lipinski definition) is 4. The van der Waals surface area contributed by atoms with Crippen molar-refractivity contribution in [2.75, 3.05) is 12.3 Å². The highest BCUT2D eigenvalue weighted by atomic mass is 32.2. The molecule has 2 aromatic heterocycles. The van der Waals surface area contributed by atoms with E-state index in [4.69, 9.17) is 4.98 Å². The first-order valence-corrected chi connectivity index (χ1v) is 9.22. The Balaban J connectivity index is 2.05. The van der Waals surface area contributed by atoms with Crippen LogP contribution in [0.25, 0.3) is 4.96 Å². The second-order valence-corrected chi connectivity index (χ2v) is 7.93. The van der Waals surface area contributed by atoms with E-state index >= 15 is 0 Å². The van der Waals surface area contributed by atoms with Gasteiger partial charge in [0, 0.05) is 18.1 Å². The van der Waals surface area contributed by atoms with E-state index in [1.165, 1.54) is 17.1 Å². The zero-order valence-electron chi connectivity index (χ0n) is 12.8. The van der Waals surface area contributed by atoms with Gasteiger partial charge >= 0.3 is 0 Å². The first-order chi connectivity index (χ1) is 9.58. The van der Waals surface area contributed by atoms with Gasteiger partial charge in [-0.15, -0.1) is 23.1 Å². The van der Waals surface area contributed by atoms with Crippen molar-refractivity contribution in [1.29, 1.82) is 0 Å². The van der Waals surface area contributed by atoms with Crippen molar-refractivity contribution in [2.24, 2.45) is 11.8 Å². The summed E-state index contributed by atoms with van der Waals surface area (Å²) in [4.78, 5) is 5.88. The topological polar surface area (TPSA) is 29.3 Å². The zero-order chi connectivity index (χ0) is 14.5. The fraction of sp³-hybridized carbons (Fsp3) is 0.667. The Hall–Kier alpha value is -0.520. The van der Waals surface area contributed by atoms with Crippen molar-refractivity contribution in [3.63, 3.8) is 0 Å². The van der Waals surface area contributed by atoms with Crippen molar-refractivity contribution < 1.29 is 0 Å². The normalized spacial score (nSPS) is 12.1. The molecule has 0 aliphatic rings. The highest BCUT2D eigenvalue weighted by Crippen LogP contribution is 2.27. The standard InChI is InChI=1S/C15H25N3S2/c1-11(2)5-7-19-14-13(10-16-9-12(3)4)18-6-8-20-15(18)17-14/h6,8,11-12,16H,5,7,9-10H2,1-4H3.